The van der Waals surface area contributed by atoms with Gasteiger partial charge in [-0.2, -0.15) is 13.2 Å². The molecule has 21 heavy (non-hydrogen) atoms. The second-order valence-electron chi connectivity index (χ2n) is 4.94. The molecule has 9 heteroatoms. The smallest absolute Gasteiger partial charge is 0.396 e. The van der Waals surface area contributed by atoms with Crippen LogP contribution in [0.4, 0.5) is 24.7 Å². The van der Waals surface area contributed by atoms with Gasteiger partial charge in [-0.1, -0.05) is 0 Å². The summed E-state index contributed by atoms with van der Waals surface area (Å²) >= 11 is 0. The molecular weight excluding hydrogens is 285 g/mol. The molecule has 2 aromatic rings. The molecule has 0 unspecified atom stereocenters. The molecule has 3 heterocycles. The molecule has 0 atom stereocenters. The van der Waals surface area contributed by atoms with Crippen LogP contribution < -0.4 is 10.6 Å². The van der Waals surface area contributed by atoms with E-state index in [1.165, 1.54) is 0 Å². The lowest BCUT2D eigenvalue weighted by Gasteiger charge is -2.29. The van der Waals surface area contributed by atoms with E-state index in [4.69, 9.17) is 5.73 Å². The Morgan fingerprint density at radius 3 is 2.67 bits per heavy atom. The number of hydrogen-bond donors (Lipinski definition) is 1. The summed E-state index contributed by atoms with van der Waals surface area (Å²) in [7, 11) is 0. The normalized spacial score (nSPS) is 15.1. The molecular formula is C12H13F3N6. The fourth-order valence-corrected chi connectivity index (χ4v) is 2.40. The number of halogens is 3. The molecule has 0 saturated heterocycles. The molecule has 0 aliphatic carbocycles. The van der Waals surface area contributed by atoms with Crippen molar-refractivity contribution >= 4 is 11.5 Å². The Labute approximate surface area is 118 Å². The van der Waals surface area contributed by atoms with Gasteiger partial charge in [0, 0.05) is 19.3 Å². The Kier molecular flexibility index (Phi) is 2.99. The summed E-state index contributed by atoms with van der Waals surface area (Å²) in [6.07, 6.45) is -2.82. The molecule has 0 radical (unpaired) electrons. The lowest BCUT2D eigenvalue weighted by molar-refractivity contribution is -0.147. The molecule has 0 spiro atoms. The summed E-state index contributed by atoms with van der Waals surface area (Å²) < 4.78 is 39.4. The van der Waals surface area contributed by atoms with Crippen molar-refractivity contribution in [3.8, 4) is 0 Å². The fraction of sp³-hybridized carbons (Fsp3) is 0.417. The van der Waals surface area contributed by atoms with Crippen molar-refractivity contribution in [2.24, 2.45) is 0 Å². The number of pyridine rings is 1. The first-order valence-electron chi connectivity index (χ1n) is 6.32. The van der Waals surface area contributed by atoms with Gasteiger partial charge in [0.1, 0.15) is 0 Å². The monoisotopic (exact) mass is 298 g/mol. The van der Waals surface area contributed by atoms with E-state index in [0.717, 1.165) is 10.1 Å². The van der Waals surface area contributed by atoms with Crippen LogP contribution in [-0.2, 0) is 19.3 Å². The van der Waals surface area contributed by atoms with Gasteiger partial charge in [0.2, 0.25) is 5.82 Å². The number of aryl methyl sites for hydroxylation is 1. The lowest BCUT2D eigenvalue weighted by Crippen LogP contribution is -2.36. The van der Waals surface area contributed by atoms with Crippen LogP contribution in [-0.4, -0.2) is 26.3 Å². The number of anilines is 2. The zero-order valence-electron chi connectivity index (χ0n) is 11.2. The van der Waals surface area contributed by atoms with Gasteiger partial charge in [0.15, 0.2) is 11.6 Å². The number of fused-ring (bicyclic) bond motifs is 1. The van der Waals surface area contributed by atoms with Gasteiger partial charge < -0.3 is 15.2 Å². The highest BCUT2D eigenvalue weighted by Crippen LogP contribution is 2.31. The minimum Gasteiger partial charge on any atom is -0.396 e. The maximum Gasteiger partial charge on any atom is 0.451 e. The Morgan fingerprint density at radius 1 is 1.24 bits per heavy atom. The number of hydrogen-bond acceptors (Lipinski definition) is 5. The van der Waals surface area contributed by atoms with E-state index in [-0.39, 0.29) is 18.9 Å². The lowest BCUT2D eigenvalue weighted by atomic mass is 10.2. The Hall–Kier alpha value is -2.32. The van der Waals surface area contributed by atoms with E-state index < -0.39 is 12.0 Å². The van der Waals surface area contributed by atoms with Crippen LogP contribution in [0.3, 0.4) is 0 Å². The van der Waals surface area contributed by atoms with Crippen molar-refractivity contribution in [3.05, 3.63) is 29.5 Å². The minimum absolute atomic E-state index is 0.145. The first-order chi connectivity index (χ1) is 9.86. The summed E-state index contributed by atoms with van der Waals surface area (Å²) in [5, 5.41) is 6.87. The number of nitrogens with two attached hydrogens (primary N) is 1. The predicted octanol–water partition coefficient (Wildman–Crippen LogP) is 1.60. The van der Waals surface area contributed by atoms with Gasteiger partial charge in [-0.3, -0.25) is 0 Å². The van der Waals surface area contributed by atoms with Crippen molar-refractivity contribution < 1.29 is 13.2 Å². The molecule has 2 N–H and O–H groups in total. The van der Waals surface area contributed by atoms with Gasteiger partial charge in [0.05, 0.1) is 12.2 Å². The Bertz CT molecular complexity index is 678. The highest BCUT2D eigenvalue weighted by molar-refractivity contribution is 5.63. The van der Waals surface area contributed by atoms with E-state index in [1.807, 2.05) is 6.92 Å². The molecule has 0 aromatic carbocycles. The summed E-state index contributed by atoms with van der Waals surface area (Å²) in [6.45, 7) is 2.58. The quantitative estimate of drug-likeness (QED) is 0.865. The average molecular weight is 298 g/mol. The second kappa shape index (κ2) is 4.61. The van der Waals surface area contributed by atoms with Crippen LogP contribution in [0.15, 0.2) is 12.3 Å². The van der Waals surface area contributed by atoms with Gasteiger partial charge in [-0.15, -0.1) is 10.2 Å². The maximum atomic E-state index is 12.8. The van der Waals surface area contributed by atoms with Gasteiger partial charge >= 0.3 is 6.18 Å². The van der Waals surface area contributed by atoms with E-state index in [0.29, 0.717) is 18.1 Å². The highest BCUT2D eigenvalue weighted by atomic mass is 19.4. The van der Waals surface area contributed by atoms with Crippen LogP contribution in [0.5, 0.6) is 0 Å². The average Bonchev–Trinajstić information content (AvgIpc) is 2.81. The second-order valence-corrected chi connectivity index (χ2v) is 4.94. The molecule has 0 amide bonds. The molecule has 3 rings (SSSR count). The topological polar surface area (TPSA) is 72.9 Å². The Balaban J connectivity index is 1.90. The van der Waals surface area contributed by atoms with Crippen molar-refractivity contribution in [2.45, 2.75) is 26.2 Å². The van der Waals surface area contributed by atoms with Gasteiger partial charge in [0.25, 0.3) is 0 Å². The van der Waals surface area contributed by atoms with Gasteiger partial charge in [-0.25, -0.2) is 4.98 Å². The van der Waals surface area contributed by atoms with Crippen LogP contribution >= 0.6 is 0 Å². The van der Waals surface area contributed by atoms with Crippen LogP contribution in [0.2, 0.25) is 0 Å². The summed E-state index contributed by atoms with van der Waals surface area (Å²) in [5.41, 5.74) is 7.35. The largest absolute Gasteiger partial charge is 0.451 e. The third-order valence-corrected chi connectivity index (χ3v) is 3.34. The van der Waals surface area contributed by atoms with Crippen molar-refractivity contribution in [3.63, 3.8) is 0 Å². The fourth-order valence-electron chi connectivity index (χ4n) is 2.40. The van der Waals surface area contributed by atoms with Crippen molar-refractivity contribution in [1.82, 2.24) is 19.7 Å². The standard InChI is InChI=1S/C12H13F3N6/c1-7-4-8(16)10(17-5-7)20-2-3-21-9(6-20)18-19-11(21)12(13,14)15/h4-5H,2-3,6,16H2,1H3. The SMILES string of the molecule is Cc1cnc(N2CCn3c(nnc3C(F)(F)F)C2)c(N)c1. The van der Waals surface area contributed by atoms with Gasteiger partial charge in [-0.05, 0) is 18.6 Å². The molecule has 2 aromatic heterocycles. The maximum absolute atomic E-state index is 12.8. The molecule has 6 nitrogen and oxygen atoms in total. The zero-order valence-corrected chi connectivity index (χ0v) is 11.2. The summed E-state index contributed by atoms with van der Waals surface area (Å²) in [6, 6.07) is 1.78. The molecule has 112 valence electrons. The zero-order chi connectivity index (χ0) is 15.2. The van der Waals surface area contributed by atoms with E-state index in [9.17, 15) is 13.2 Å². The molecule has 1 aliphatic rings. The number of nitrogens with zero attached hydrogens (tertiary/aromatic N) is 5. The summed E-state index contributed by atoms with van der Waals surface area (Å²) in [5.74, 6) is -0.138. The first kappa shape index (κ1) is 13.7. The number of alkyl halides is 3. The van der Waals surface area contributed by atoms with Crippen molar-refractivity contribution in [2.75, 3.05) is 17.2 Å². The highest BCUT2D eigenvalue weighted by Gasteiger charge is 2.39. The van der Waals surface area contributed by atoms with E-state index in [2.05, 4.69) is 15.2 Å². The third-order valence-electron chi connectivity index (χ3n) is 3.34. The summed E-state index contributed by atoms with van der Waals surface area (Å²) in [4.78, 5) is 6.06. The molecule has 0 bridgehead atoms. The predicted molar refractivity (Wildman–Crippen MR) is 69.5 cm³/mol. The molecule has 0 fully saturated rings. The van der Waals surface area contributed by atoms with Crippen LogP contribution in [0.25, 0.3) is 0 Å². The van der Waals surface area contributed by atoms with Crippen molar-refractivity contribution in [1.29, 1.82) is 0 Å². The number of rotatable bonds is 1. The van der Waals surface area contributed by atoms with Crippen LogP contribution in [0, 0.1) is 6.92 Å². The van der Waals surface area contributed by atoms with Crippen LogP contribution in [0.1, 0.15) is 17.2 Å². The molecule has 1 aliphatic heterocycles. The van der Waals surface area contributed by atoms with E-state index in [1.54, 1.807) is 17.2 Å². The molecule has 0 saturated carbocycles. The first-order valence-corrected chi connectivity index (χ1v) is 6.32. The minimum atomic E-state index is -4.49. The number of nitrogen functional groups attached to an aromatic ring is 1. The third kappa shape index (κ3) is 2.39. The number of aromatic nitrogens is 4. The van der Waals surface area contributed by atoms with E-state index >= 15 is 0 Å². The Morgan fingerprint density at radius 2 is 2.00 bits per heavy atom.